The molecule has 1 fully saturated rings. The lowest BCUT2D eigenvalue weighted by Gasteiger charge is -2.33. The molecule has 4 rings (SSSR count). The molecule has 1 aliphatic heterocycles. The van der Waals surface area contributed by atoms with E-state index in [4.69, 9.17) is 13.9 Å². The zero-order valence-electron chi connectivity index (χ0n) is 17.7. The Morgan fingerprint density at radius 2 is 1.69 bits per heavy atom. The Labute approximate surface area is 184 Å². The number of methoxy groups -OCH3 is 1. The van der Waals surface area contributed by atoms with Crippen LogP contribution in [0.2, 0.25) is 0 Å². The van der Waals surface area contributed by atoms with Gasteiger partial charge in [0.1, 0.15) is 11.5 Å². The van der Waals surface area contributed by atoms with Gasteiger partial charge in [0.05, 0.1) is 17.5 Å². The molecular formula is C21H23N3O7S. The first-order chi connectivity index (χ1) is 15.3. The second-order valence-corrected chi connectivity index (χ2v) is 9.24. The Balaban J connectivity index is 1.36. The fourth-order valence-corrected chi connectivity index (χ4v) is 4.95. The van der Waals surface area contributed by atoms with Crippen LogP contribution in [0.3, 0.4) is 0 Å². The van der Waals surface area contributed by atoms with Gasteiger partial charge < -0.3 is 18.8 Å². The third kappa shape index (κ3) is 4.21. The molecule has 10 nitrogen and oxygen atoms in total. The van der Waals surface area contributed by atoms with Gasteiger partial charge >= 0.3 is 5.76 Å². The van der Waals surface area contributed by atoms with Crippen LogP contribution < -0.4 is 15.2 Å². The molecule has 0 atom stereocenters. The SMILES string of the molecule is COc1ccc(OCC(=O)N2CCN(S(=O)(=O)c3ccc4c(c3)oc(=O)n4C)CC2)cc1. The molecule has 1 aliphatic rings. The molecule has 2 heterocycles. The number of fused-ring (bicyclic) bond motifs is 1. The smallest absolute Gasteiger partial charge is 0.419 e. The number of oxazole rings is 1. The molecule has 32 heavy (non-hydrogen) atoms. The summed E-state index contributed by atoms with van der Waals surface area (Å²) in [7, 11) is -0.668. The van der Waals surface area contributed by atoms with Crippen LogP contribution >= 0.6 is 0 Å². The van der Waals surface area contributed by atoms with E-state index < -0.39 is 15.8 Å². The number of piperazine rings is 1. The summed E-state index contributed by atoms with van der Waals surface area (Å²) in [5.74, 6) is 0.460. The minimum Gasteiger partial charge on any atom is -0.497 e. The zero-order valence-corrected chi connectivity index (χ0v) is 18.5. The van der Waals surface area contributed by atoms with Crippen molar-refractivity contribution in [2.24, 2.45) is 7.05 Å². The van der Waals surface area contributed by atoms with Crippen molar-refractivity contribution in [3.05, 3.63) is 53.0 Å². The zero-order chi connectivity index (χ0) is 22.9. The number of nitrogens with zero attached hydrogens (tertiary/aromatic N) is 3. The summed E-state index contributed by atoms with van der Waals surface area (Å²) >= 11 is 0. The summed E-state index contributed by atoms with van der Waals surface area (Å²) in [6.07, 6.45) is 0. The molecule has 0 saturated carbocycles. The third-order valence-electron chi connectivity index (χ3n) is 5.41. The largest absolute Gasteiger partial charge is 0.497 e. The van der Waals surface area contributed by atoms with Gasteiger partial charge in [0.2, 0.25) is 10.0 Å². The van der Waals surface area contributed by atoms with Gasteiger partial charge in [-0.1, -0.05) is 0 Å². The number of amides is 1. The Bertz CT molecular complexity index is 1290. The van der Waals surface area contributed by atoms with Crippen LogP contribution in [0.4, 0.5) is 0 Å². The first-order valence-electron chi connectivity index (χ1n) is 9.94. The van der Waals surface area contributed by atoms with Crippen molar-refractivity contribution < 1.29 is 27.1 Å². The van der Waals surface area contributed by atoms with E-state index in [2.05, 4.69) is 0 Å². The van der Waals surface area contributed by atoms with Crippen molar-refractivity contribution in [1.29, 1.82) is 0 Å². The lowest BCUT2D eigenvalue weighted by Crippen LogP contribution is -2.51. The number of aryl methyl sites for hydroxylation is 1. The van der Waals surface area contributed by atoms with Crippen LogP contribution in [-0.2, 0) is 21.9 Å². The highest BCUT2D eigenvalue weighted by atomic mass is 32.2. The van der Waals surface area contributed by atoms with Crippen molar-refractivity contribution in [2.45, 2.75) is 4.90 Å². The van der Waals surface area contributed by atoms with Crippen LogP contribution in [0.15, 0.2) is 56.6 Å². The number of hydrogen-bond acceptors (Lipinski definition) is 7. The van der Waals surface area contributed by atoms with Gasteiger partial charge in [0, 0.05) is 39.3 Å². The summed E-state index contributed by atoms with van der Waals surface area (Å²) in [4.78, 5) is 25.7. The fraction of sp³-hybridized carbons (Fsp3) is 0.333. The molecule has 0 spiro atoms. The first kappa shape index (κ1) is 21.9. The Hall–Kier alpha value is -3.31. The highest BCUT2D eigenvalue weighted by molar-refractivity contribution is 7.89. The molecular weight excluding hydrogens is 438 g/mol. The van der Waals surface area contributed by atoms with Crippen molar-refractivity contribution in [3.63, 3.8) is 0 Å². The lowest BCUT2D eigenvalue weighted by molar-refractivity contribution is -0.134. The maximum atomic E-state index is 13.0. The second-order valence-electron chi connectivity index (χ2n) is 7.31. The van der Waals surface area contributed by atoms with Crippen LogP contribution in [0, 0.1) is 0 Å². The quantitative estimate of drug-likeness (QED) is 0.539. The van der Waals surface area contributed by atoms with Crippen LogP contribution in [-0.4, -0.2) is 68.0 Å². The molecule has 0 aliphatic carbocycles. The van der Waals surface area contributed by atoms with E-state index in [1.165, 1.54) is 21.0 Å². The maximum Gasteiger partial charge on any atom is 0.419 e. The topological polar surface area (TPSA) is 111 Å². The number of hydrogen-bond donors (Lipinski definition) is 0. The predicted molar refractivity (Wildman–Crippen MR) is 115 cm³/mol. The van der Waals surface area contributed by atoms with Crippen LogP contribution in [0.25, 0.3) is 11.1 Å². The van der Waals surface area contributed by atoms with Gasteiger partial charge in [-0.3, -0.25) is 9.36 Å². The normalized spacial score (nSPS) is 15.1. The van der Waals surface area contributed by atoms with E-state index in [1.54, 1.807) is 49.4 Å². The molecule has 1 amide bonds. The first-order valence-corrected chi connectivity index (χ1v) is 11.4. The van der Waals surface area contributed by atoms with E-state index in [-0.39, 0.29) is 49.2 Å². The summed E-state index contributed by atoms with van der Waals surface area (Å²) in [6, 6.07) is 11.2. The molecule has 170 valence electrons. The van der Waals surface area contributed by atoms with E-state index in [9.17, 15) is 18.0 Å². The average Bonchev–Trinajstić information content (AvgIpc) is 3.10. The Morgan fingerprint density at radius 1 is 1.03 bits per heavy atom. The van der Waals surface area contributed by atoms with Crippen molar-refractivity contribution in [3.8, 4) is 11.5 Å². The van der Waals surface area contributed by atoms with E-state index in [0.29, 0.717) is 17.0 Å². The molecule has 0 unspecified atom stereocenters. The molecule has 1 saturated heterocycles. The molecule has 0 N–H and O–H groups in total. The third-order valence-corrected chi connectivity index (χ3v) is 7.31. The predicted octanol–water partition coefficient (Wildman–Crippen LogP) is 1.05. The van der Waals surface area contributed by atoms with Crippen LogP contribution in [0.5, 0.6) is 11.5 Å². The van der Waals surface area contributed by atoms with Gasteiger partial charge in [-0.25, -0.2) is 13.2 Å². The lowest BCUT2D eigenvalue weighted by atomic mass is 10.3. The summed E-state index contributed by atoms with van der Waals surface area (Å²) in [5.41, 5.74) is 0.726. The molecule has 0 radical (unpaired) electrons. The number of benzene rings is 2. The summed E-state index contributed by atoms with van der Waals surface area (Å²) in [5, 5.41) is 0. The number of rotatable bonds is 6. The van der Waals surface area contributed by atoms with Crippen LogP contribution in [0.1, 0.15) is 0 Å². The molecule has 1 aromatic heterocycles. The maximum absolute atomic E-state index is 13.0. The number of carbonyl (C=O) groups is 1. The van der Waals surface area contributed by atoms with Gasteiger partial charge in [-0.2, -0.15) is 4.31 Å². The molecule has 0 bridgehead atoms. The van der Waals surface area contributed by atoms with E-state index in [1.807, 2.05) is 0 Å². The van der Waals surface area contributed by atoms with Gasteiger partial charge in [-0.15, -0.1) is 0 Å². The molecule has 3 aromatic rings. The minimum atomic E-state index is -3.79. The monoisotopic (exact) mass is 461 g/mol. The van der Waals surface area contributed by atoms with Gasteiger partial charge in [-0.05, 0) is 36.4 Å². The Kier molecular flexibility index (Phi) is 5.94. The number of sulfonamides is 1. The number of carbonyl (C=O) groups excluding carboxylic acids is 1. The Morgan fingerprint density at radius 3 is 2.34 bits per heavy atom. The summed E-state index contributed by atoms with van der Waals surface area (Å²) < 4.78 is 44.4. The van der Waals surface area contributed by atoms with Gasteiger partial charge in [0.15, 0.2) is 12.2 Å². The molecule has 11 heteroatoms. The van der Waals surface area contributed by atoms with Crippen molar-refractivity contribution >= 4 is 27.0 Å². The average molecular weight is 461 g/mol. The second kappa shape index (κ2) is 8.67. The van der Waals surface area contributed by atoms with Gasteiger partial charge in [0.25, 0.3) is 5.91 Å². The number of aromatic nitrogens is 1. The minimum absolute atomic E-state index is 0.0435. The fourth-order valence-electron chi connectivity index (χ4n) is 3.51. The highest BCUT2D eigenvalue weighted by Crippen LogP contribution is 2.22. The highest BCUT2D eigenvalue weighted by Gasteiger charge is 2.30. The van der Waals surface area contributed by atoms with Crippen molar-refractivity contribution in [1.82, 2.24) is 13.8 Å². The summed E-state index contributed by atoms with van der Waals surface area (Å²) in [6.45, 7) is 0.697. The van der Waals surface area contributed by atoms with Crippen molar-refractivity contribution in [2.75, 3.05) is 39.9 Å². The van der Waals surface area contributed by atoms with E-state index >= 15 is 0 Å². The standard InChI is InChI=1S/C21H23N3O7S/c1-22-18-8-7-17(13-19(18)31-21(22)26)32(27,28)24-11-9-23(10-12-24)20(25)14-30-16-5-3-15(29-2)4-6-16/h3-8,13H,9-12,14H2,1-2H3. The molecule has 2 aromatic carbocycles. The van der Waals surface area contributed by atoms with E-state index in [0.717, 1.165) is 0 Å². The number of ether oxygens (including phenoxy) is 2.